The molecule has 7 nitrogen and oxygen atoms in total. The van der Waals surface area contributed by atoms with E-state index < -0.39 is 0 Å². The number of nitrogens with zero attached hydrogens (tertiary/aromatic N) is 3. The Balaban J connectivity index is 1.53. The zero-order chi connectivity index (χ0) is 21.5. The van der Waals surface area contributed by atoms with E-state index >= 15 is 0 Å². The summed E-state index contributed by atoms with van der Waals surface area (Å²) in [5, 5.41) is 3.44. The second-order valence-electron chi connectivity index (χ2n) is 8.04. The standard InChI is InChI=1S/C22H31ClN4O3/c1-2-6-20(28)27-10-4-7-17(16-27)21(29)25-11-5-12-26(14-13-25)22(30)24-19-9-3-8-18(23)15-19/h3,8-9,15,17H,2,4-7,10-14,16H2,1H3,(H,24,30). The van der Waals surface area contributed by atoms with Crippen LogP contribution in [0, 0.1) is 5.92 Å². The van der Waals surface area contributed by atoms with Gasteiger partial charge in [-0.25, -0.2) is 4.79 Å². The van der Waals surface area contributed by atoms with Gasteiger partial charge in [0.1, 0.15) is 0 Å². The van der Waals surface area contributed by atoms with E-state index in [0.717, 1.165) is 32.2 Å². The number of likely N-dealkylation sites (tertiary alicyclic amines) is 1. The first-order valence-corrected chi connectivity index (χ1v) is 11.2. The van der Waals surface area contributed by atoms with Crippen molar-refractivity contribution in [3.8, 4) is 0 Å². The van der Waals surface area contributed by atoms with E-state index in [2.05, 4.69) is 5.32 Å². The highest BCUT2D eigenvalue weighted by Gasteiger charge is 2.32. The van der Waals surface area contributed by atoms with Crippen LogP contribution < -0.4 is 5.32 Å². The number of hydrogen-bond donors (Lipinski definition) is 1. The van der Waals surface area contributed by atoms with E-state index in [4.69, 9.17) is 11.6 Å². The fourth-order valence-corrected chi connectivity index (χ4v) is 4.34. The van der Waals surface area contributed by atoms with Gasteiger partial charge in [0.15, 0.2) is 0 Å². The molecule has 2 fully saturated rings. The molecule has 30 heavy (non-hydrogen) atoms. The van der Waals surface area contributed by atoms with Crippen LogP contribution in [0.4, 0.5) is 10.5 Å². The van der Waals surface area contributed by atoms with Crippen LogP contribution in [-0.2, 0) is 9.59 Å². The van der Waals surface area contributed by atoms with Crippen molar-refractivity contribution in [3.63, 3.8) is 0 Å². The molecule has 164 valence electrons. The van der Waals surface area contributed by atoms with Crippen LogP contribution >= 0.6 is 11.6 Å². The molecule has 0 bridgehead atoms. The van der Waals surface area contributed by atoms with Crippen LogP contribution in [-0.4, -0.2) is 71.8 Å². The van der Waals surface area contributed by atoms with Gasteiger partial charge < -0.3 is 20.0 Å². The molecule has 0 saturated carbocycles. The van der Waals surface area contributed by atoms with Crippen LogP contribution in [0.15, 0.2) is 24.3 Å². The third-order valence-electron chi connectivity index (χ3n) is 5.76. The molecule has 8 heteroatoms. The summed E-state index contributed by atoms with van der Waals surface area (Å²) in [5.41, 5.74) is 0.656. The number of anilines is 1. The van der Waals surface area contributed by atoms with Crippen molar-refractivity contribution in [3.05, 3.63) is 29.3 Å². The number of nitrogens with one attached hydrogen (secondary N) is 1. The highest BCUT2D eigenvalue weighted by atomic mass is 35.5. The number of amides is 4. The number of rotatable bonds is 4. The molecule has 0 radical (unpaired) electrons. The number of hydrogen-bond acceptors (Lipinski definition) is 3. The summed E-state index contributed by atoms with van der Waals surface area (Å²) >= 11 is 5.98. The predicted molar refractivity (Wildman–Crippen MR) is 117 cm³/mol. The number of halogens is 1. The molecule has 1 unspecified atom stereocenters. The predicted octanol–water partition coefficient (Wildman–Crippen LogP) is 3.44. The third-order valence-corrected chi connectivity index (χ3v) is 5.99. The Bertz CT molecular complexity index is 773. The molecule has 0 spiro atoms. The fraction of sp³-hybridized carbons (Fsp3) is 0.591. The Hall–Kier alpha value is -2.28. The zero-order valence-electron chi connectivity index (χ0n) is 17.6. The summed E-state index contributed by atoms with van der Waals surface area (Å²) in [6.07, 6.45) is 3.80. The van der Waals surface area contributed by atoms with Crippen molar-refractivity contribution < 1.29 is 14.4 Å². The lowest BCUT2D eigenvalue weighted by Gasteiger charge is -2.34. The normalized spacial score (nSPS) is 19.9. The van der Waals surface area contributed by atoms with Crippen molar-refractivity contribution in [2.75, 3.05) is 44.6 Å². The first kappa shape index (κ1) is 22.4. The highest BCUT2D eigenvalue weighted by Crippen LogP contribution is 2.21. The molecule has 0 aliphatic carbocycles. The van der Waals surface area contributed by atoms with Crippen LogP contribution in [0.1, 0.15) is 39.0 Å². The maximum absolute atomic E-state index is 13.1. The van der Waals surface area contributed by atoms with Gasteiger partial charge in [0.05, 0.1) is 5.92 Å². The van der Waals surface area contributed by atoms with Gasteiger partial charge in [-0.2, -0.15) is 0 Å². The topological polar surface area (TPSA) is 73.0 Å². The highest BCUT2D eigenvalue weighted by molar-refractivity contribution is 6.30. The summed E-state index contributed by atoms with van der Waals surface area (Å²) in [6.45, 7) is 5.51. The van der Waals surface area contributed by atoms with Gasteiger partial charge in [-0.05, 0) is 43.9 Å². The molecule has 1 aromatic rings. The van der Waals surface area contributed by atoms with Crippen molar-refractivity contribution in [2.24, 2.45) is 5.92 Å². The average Bonchev–Trinajstić information content (AvgIpc) is 3.00. The van der Waals surface area contributed by atoms with Crippen molar-refractivity contribution >= 4 is 35.1 Å². The number of benzene rings is 1. The Morgan fingerprint density at radius 1 is 1.03 bits per heavy atom. The van der Waals surface area contributed by atoms with Gasteiger partial charge in [0.25, 0.3) is 0 Å². The molecule has 3 rings (SSSR count). The van der Waals surface area contributed by atoms with E-state index in [9.17, 15) is 14.4 Å². The largest absolute Gasteiger partial charge is 0.342 e. The third kappa shape index (κ3) is 5.88. The Morgan fingerprint density at radius 3 is 2.53 bits per heavy atom. The van der Waals surface area contributed by atoms with E-state index in [1.165, 1.54) is 0 Å². The first-order valence-electron chi connectivity index (χ1n) is 10.9. The van der Waals surface area contributed by atoms with E-state index in [1.807, 2.05) is 16.7 Å². The molecule has 2 aliphatic heterocycles. The average molecular weight is 435 g/mol. The second-order valence-corrected chi connectivity index (χ2v) is 8.47. The zero-order valence-corrected chi connectivity index (χ0v) is 18.4. The van der Waals surface area contributed by atoms with Crippen LogP contribution in [0.3, 0.4) is 0 Å². The molecular weight excluding hydrogens is 404 g/mol. The van der Waals surface area contributed by atoms with E-state index in [0.29, 0.717) is 49.9 Å². The second kappa shape index (κ2) is 10.7. The molecule has 0 aromatic heterocycles. The monoisotopic (exact) mass is 434 g/mol. The van der Waals surface area contributed by atoms with Crippen LogP contribution in [0.5, 0.6) is 0 Å². The number of piperidine rings is 1. The van der Waals surface area contributed by atoms with Gasteiger partial charge in [0, 0.05) is 56.4 Å². The molecule has 2 heterocycles. The number of carbonyl (C=O) groups excluding carboxylic acids is 3. The van der Waals surface area contributed by atoms with Crippen LogP contribution in [0.25, 0.3) is 0 Å². The van der Waals surface area contributed by atoms with Crippen molar-refractivity contribution in [2.45, 2.75) is 39.0 Å². The first-order chi connectivity index (χ1) is 14.5. The minimum atomic E-state index is -0.180. The summed E-state index contributed by atoms with van der Waals surface area (Å²) in [6, 6.07) is 6.88. The van der Waals surface area contributed by atoms with Crippen molar-refractivity contribution in [1.82, 2.24) is 14.7 Å². The minimum absolute atomic E-state index is 0.112. The molecule has 1 N–H and O–H groups in total. The molecule has 2 aliphatic rings. The maximum Gasteiger partial charge on any atom is 0.321 e. The Morgan fingerprint density at radius 2 is 1.77 bits per heavy atom. The maximum atomic E-state index is 13.1. The molecule has 1 aromatic carbocycles. The van der Waals surface area contributed by atoms with Crippen LogP contribution in [0.2, 0.25) is 5.02 Å². The lowest BCUT2D eigenvalue weighted by Crippen LogP contribution is -2.47. The fourth-order valence-electron chi connectivity index (χ4n) is 4.15. The van der Waals surface area contributed by atoms with Gasteiger partial charge in [0.2, 0.25) is 11.8 Å². The summed E-state index contributed by atoms with van der Waals surface area (Å²) in [4.78, 5) is 43.4. The summed E-state index contributed by atoms with van der Waals surface area (Å²) < 4.78 is 0. The van der Waals surface area contributed by atoms with E-state index in [-0.39, 0.29) is 23.8 Å². The summed E-state index contributed by atoms with van der Waals surface area (Å²) in [7, 11) is 0. The van der Waals surface area contributed by atoms with E-state index in [1.54, 1.807) is 29.2 Å². The van der Waals surface area contributed by atoms with Gasteiger partial charge in [-0.1, -0.05) is 24.6 Å². The molecule has 2 saturated heterocycles. The molecule has 1 atom stereocenters. The van der Waals surface area contributed by atoms with Gasteiger partial charge in [-0.15, -0.1) is 0 Å². The molecule has 4 amide bonds. The van der Waals surface area contributed by atoms with Gasteiger partial charge in [-0.3, -0.25) is 9.59 Å². The van der Waals surface area contributed by atoms with Crippen molar-refractivity contribution in [1.29, 1.82) is 0 Å². The molecular formula is C22H31ClN4O3. The quantitative estimate of drug-likeness (QED) is 0.788. The SMILES string of the molecule is CCCC(=O)N1CCCC(C(=O)N2CCCN(C(=O)Nc3cccc(Cl)c3)CC2)C1. The minimum Gasteiger partial charge on any atom is -0.342 e. The lowest BCUT2D eigenvalue weighted by atomic mass is 9.96. The smallest absolute Gasteiger partial charge is 0.321 e. The number of carbonyl (C=O) groups is 3. The Labute approximate surface area is 183 Å². The Kier molecular flexibility index (Phi) is 7.96. The summed E-state index contributed by atoms with van der Waals surface area (Å²) in [5.74, 6) is 0.127. The lowest BCUT2D eigenvalue weighted by molar-refractivity contribution is -0.140. The number of urea groups is 1. The van der Waals surface area contributed by atoms with Gasteiger partial charge >= 0.3 is 6.03 Å².